The van der Waals surface area contributed by atoms with Crippen LogP contribution in [0.2, 0.25) is 0 Å². The third-order valence-electron chi connectivity index (χ3n) is 2.91. The van der Waals surface area contributed by atoms with Gasteiger partial charge >= 0.3 is 5.97 Å². The number of halogens is 1. The van der Waals surface area contributed by atoms with Gasteiger partial charge in [-0.2, -0.15) is 0 Å². The predicted molar refractivity (Wildman–Crippen MR) is 67.3 cm³/mol. The molecule has 0 amide bonds. The van der Waals surface area contributed by atoms with Gasteiger partial charge in [-0.3, -0.25) is 0 Å². The lowest BCUT2D eigenvalue weighted by molar-refractivity contribution is 0.0696. The van der Waals surface area contributed by atoms with Crippen LogP contribution in [0, 0.1) is 11.7 Å². The third-order valence-corrected chi connectivity index (χ3v) is 2.91. The lowest BCUT2D eigenvalue weighted by atomic mass is 10.0. The monoisotopic (exact) mass is 255 g/mol. The molecule has 18 heavy (non-hydrogen) atoms. The number of aromatic carboxylic acids is 1. The second kappa shape index (κ2) is 6.96. The van der Waals surface area contributed by atoms with Crippen LogP contribution in [0.5, 0.6) is 0 Å². The van der Waals surface area contributed by atoms with E-state index in [1.54, 1.807) is 0 Å². The van der Waals surface area contributed by atoms with Crippen molar-refractivity contribution >= 4 is 11.7 Å². The van der Waals surface area contributed by atoms with E-state index in [2.05, 4.69) is 5.32 Å². The largest absolute Gasteiger partial charge is 0.478 e. The van der Waals surface area contributed by atoms with Crippen LogP contribution in [-0.4, -0.2) is 29.3 Å². The summed E-state index contributed by atoms with van der Waals surface area (Å²) >= 11 is 0. The average Bonchev–Trinajstić information content (AvgIpc) is 2.35. The molecular weight excluding hydrogens is 237 g/mol. The molecule has 0 fully saturated rings. The number of aliphatic hydroxyl groups excluding tert-OH is 1. The smallest absolute Gasteiger partial charge is 0.335 e. The molecule has 0 heterocycles. The third kappa shape index (κ3) is 4.00. The molecule has 0 spiro atoms. The number of hydrogen-bond donors (Lipinski definition) is 3. The lowest BCUT2D eigenvalue weighted by Gasteiger charge is -2.15. The number of carboxylic acids is 1. The number of nitrogens with one attached hydrogen (secondary N) is 1. The standard InChI is InChI=1S/C13H18FNO3/c1-2-9(5-6-16)8-15-12-4-3-10(13(17)18)7-11(12)14/h3-4,7,9,15-16H,2,5-6,8H2,1H3,(H,17,18). The zero-order valence-electron chi connectivity index (χ0n) is 10.3. The number of hydrogen-bond acceptors (Lipinski definition) is 3. The highest BCUT2D eigenvalue weighted by atomic mass is 19.1. The van der Waals surface area contributed by atoms with Crippen LogP contribution in [0.25, 0.3) is 0 Å². The Morgan fingerprint density at radius 1 is 1.50 bits per heavy atom. The minimum absolute atomic E-state index is 0.0690. The van der Waals surface area contributed by atoms with Crippen molar-refractivity contribution in [2.45, 2.75) is 19.8 Å². The van der Waals surface area contributed by atoms with Crippen LogP contribution in [0.3, 0.4) is 0 Å². The van der Waals surface area contributed by atoms with Crippen LogP contribution >= 0.6 is 0 Å². The van der Waals surface area contributed by atoms with Crippen LogP contribution < -0.4 is 5.32 Å². The van der Waals surface area contributed by atoms with Gasteiger partial charge in [0.15, 0.2) is 0 Å². The second-order valence-corrected chi connectivity index (χ2v) is 4.17. The Bertz CT molecular complexity index is 409. The molecule has 1 aromatic rings. The highest BCUT2D eigenvalue weighted by Crippen LogP contribution is 2.17. The zero-order chi connectivity index (χ0) is 13.5. The van der Waals surface area contributed by atoms with Gasteiger partial charge in [0.25, 0.3) is 0 Å². The van der Waals surface area contributed by atoms with Gasteiger partial charge in [0.1, 0.15) is 5.82 Å². The number of benzene rings is 1. The molecule has 3 N–H and O–H groups in total. The van der Waals surface area contributed by atoms with Crippen molar-refractivity contribution < 1.29 is 19.4 Å². The molecule has 1 unspecified atom stereocenters. The van der Waals surface area contributed by atoms with E-state index in [-0.39, 0.29) is 23.8 Å². The minimum atomic E-state index is -1.15. The van der Waals surface area contributed by atoms with Crippen molar-refractivity contribution in [3.8, 4) is 0 Å². The van der Waals surface area contributed by atoms with Crippen LogP contribution in [0.15, 0.2) is 18.2 Å². The van der Waals surface area contributed by atoms with Crippen LogP contribution in [0.4, 0.5) is 10.1 Å². The van der Waals surface area contributed by atoms with Crippen LogP contribution in [0.1, 0.15) is 30.1 Å². The van der Waals surface area contributed by atoms with Gasteiger partial charge in [0.05, 0.1) is 11.3 Å². The number of anilines is 1. The van der Waals surface area contributed by atoms with E-state index in [1.807, 2.05) is 6.92 Å². The quantitative estimate of drug-likeness (QED) is 0.699. The summed E-state index contributed by atoms with van der Waals surface area (Å²) in [5.74, 6) is -1.45. The summed E-state index contributed by atoms with van der Waals surface area (Å²) in [6.07, 6.45) is 1.56. The summed E-state index contributed by atoms with van der Waals surface area (Å²) < 4.78 is 13.6. The lowest BCUT2D eigenvalue weighted by Crippen LogP contribution is -2.15. The zero-order valence-corrected chi connectivity index (χ0v) is 10.3. The van der Waals surface area contributed by atoms with Crippen molar-refractivity contribution in [3.63, 3.8) is 0 Å². The summed E-state index contributed by atoms with van der Waals surface area (Å²) in [6, 6.07) is 3.78. The summed E-state index contributed by atoms with van der Waals surface area (Å²) in [5.41, 5.74) is 0.219. The predicted octanol–water partition coefficient (Wildman–Crippen LogP) is 2.34. The number of aliphatic hydroxyl groups is 1. The first-order chi connectivity index (χ1) is 8.58. The molecule has 1 rings (SSSR count). The summed E-state index contributed by atoms with van der Waals surface area (Å²) in [6.45, 7) is 2.67. The maximum absolute atomic E-state index is 13.6. The Morgan fingerprint density at radius 2 is 2.22 bits per heavy atom. The Morgan fingerprint density at radius 3 is 2.72 bits per heavy atom. The number of carboxylic acid groups (broad SMARTS) is 1. The SMILES string of the molecule is CCC(CCO)CNc1ccc(C(=O)O)cc1F. The summed E-state index contributed by atoms with van der Waals surface area (Å²) in [4.78, 5) is 10.6. The van der Waals surface area contributed by atoms with Gasteiger partial charge < -0.3 is 15.5 Å². The first-order valence-corrected chi connectivity index (χ1v) is 5.96. The molecule has 0 bridgehead atoms. The molecule has 1 atom stereocenters. The molecule has 0 saturated heterocycles. The van der Waals surface area contributed by atoms with Gasteiger partial charge in [0, 0.05) is 13.2 Å². The van der Waals surface area contributed by atoms with Crippen molar-refractivity contribution in [1.29, 1.82) is 0 Å². The molecular formula is C13H18FNO3. The first kappa shape index (κ1) is 14.4. The Balaban J connectivity index is 2.65. The summed E-state index contributed by atoms with van der Waals surface area (Å²) in [5, 5.41) is 20.5. The molecule has 0 aliphatic heterocycles. The molecule has 0 saturated carbocycles. The topological polar surface area (TPSA) is 69.6 Å². The molecule has 1 aromatic carbocycles. The van der Waals surface area contributed by atoms with Gasteiger partial charge in [0.2, 0.25) is 0 Å². The Labute approximate surface area is 105 Å². The van der Waals surface area contributed by atoms with Crippen molar-refractivity contribution in [2.75, 3.05) is 18.5 Å². The van der Waals surface area contributed by atoms with E-state index in [0.29, 0.717) is 13.0 Å². The highest BCUT2D eigenvalue weighted by molar-refractivity contribution is 5.88. The van der Waals surface area contributed by atoms with Crippen molar-refractivity contribution in [3.05, 3.63) is 29.6 Å². The summed E-state index contributed by atoms with van der Waals surface area (Å²) in [7, 11) is 0. The Hall–Kier alpha value is -1.62. The fourth-order valence-corrected chi connectivity index (χ4v) is 1.68. The maximum Gasteiger partial charge on any atom is 0.335 e. The average molecular weight is 255 g/mol. The number of rotatable bonds is 7. The van der Waals surface area contributed by atoms with Crippen molar-refractivity contribution in [2.24, 2.45) is 5.92 Å². The maximum atomic E-state index is 13.6. The molecule has 4 nitrogen and oxygen atoms in total. The van der Waals surface area contributed by atoms with Gasteiger partial charge in [-0.15, -0.1) is 0 Å². The number of carbonyl (C=O) groups is 1. The normalized spacial score (nSPS) is 12.2. The Kier molecular flexibility index (Phi) is 5.58. The van der Waals surface area contributed by atoms with E-state index in [1.165, 1.54) is 12.1 Å². The molecule has 0 aromatic heterocycles. The van der Waals surface area contributed by atoms with E-state index < -0.39 is 11.8 Å². The van der Waals surface area contributed by atoms with Crippen LogP contribution in [-0.2, 0) is 0 Å². The van der Waals surface area contributed by atoms with E-state index in [9.17, 15) is 9.18 Å². The molecule has 0 aliphatic carbocycles. The molecule has 5 heteroatoms. The highest BCUT2D eigenvalue weighted by Gasteiger charge is 2.10. The van der Waals surface area contributed by atoms with E-state index in [4.69, 9.17) is 10.2 Å². The molecule has 0 radical (unpaired) electrons. The van der Waals surface area contributed by atoms with Crippen molar-refractivity contribution in [1.82, 2.24) is 0 Å². The van der Waals surface area contributed by atoms with E-state index >= 15 is 0 Å². The fourth-order valence-electron chi connectivity index (χ4n) is 1.68. The second-order valence-electron chi connectivity index (χ2n) is 4.17. The fraction of sp³-hybridized carbons (Fsp3) is 0.462. The minimum Gasteiger partial charge on any atom is -0.478 e. The van der Waals surface area contributed by atoms with Gasteiger partial charge in [-0.05, 0) is 30.5 Å². The van der Waals surface area contributed by atoms with Gasteiger partial charge in [-0.1, -0.05) is 13.3 Å². The molecule has 0 aliphatic rings. The van der Waals surface area contributed by atoms with Gasteiger partial charge in [-0.25, -0.2) is 9.18 Å². The first-order valence-electron chi connectivity index (χ1n) is 5.96. The molecule has 100 valence electrons. The van der Waals surface area contributed by atoms with E-state index in [0.717, 1.165) is 12.5 Å².